The van der Waals surface area contributed by atoms with Crippen molar-refractivity contribution in [2.24, 2.45) is 0 Å². The van der Waals surface area contributed by atoms with Crippen molar-refractivity contribution in [2.75, 3.05) is 13.3 Å². The van der Waals surface area contributed by atoms with Crippen LogP contribution in [-0.2, 0) is 9.98 Å². The van der Waals surface area contributed by atoms with Gasteiger partial charge in [-0.25, -0.2) is 15.0 Å². The van der Waals surface area contributed by atoms with Crippen LogP contribution in [0.25, 0.3) is 56.1 Å². The fraction of sp³-hybridized carbons (Fsp3) is 0.178. The second-order valence-corrected chi connectivity index (χ2v) is 17.1. The molecule has 1 aliphatic carbocycles. The van der Waals surface area contributed by atoms with Crippen LogP contribution in [0.4, 0.5) is 0 Å². The summed E-state index contributed by atoms with van der Waals surface area (Å²) in [7, 11) is -2.30. The van der Waals surface area contributed by atoms with Crippen LogP contribution in [0.2, 0.25) is 0 Å². The SMILES string of the molecule is CP(C)(=O)c1ccc(-c2cccc(C3(c4ccc(-c5nc(-c6ccccc6)nc(-c6cccc7ccccc67)n5)cc4)CCCCC3)c2)cc1. The molecule has 0 saturated heterocycles. The van der Waals surface area contributed by atoms with E-state index in [-0.39, 0.29) is 5.41 Å². The molecule has 1 fully saturated rings. The maximum Gasteiger partial charge on any atom is 0.164 e. The van der Waals surface area contributed by atoms with Crippen molar-refractivity contribution in [3.8, 4) is 45.3 Å². The summed E-state index contributed by atoms with van der Waals surface area (Å²) >= 11 is 0. The second kappa shape index (κ2) is 13.3. The highest BCUT2D eigenvalue weighted by Gasteiger charge is 2.36. The molecule has 5 heteroatoms. The summed E-state index contributed by atoms with van der Waals surface area (Å²) in [5, 5.41) is 3.19. The highest BCUT2D eigenvalue weighted by molar-refractivity contribution is 7.70. The molecule has 1 heterocycles. The van der Waals surface area contributed by atoms with E-state index >= 15 is 0 Å². The first-order valence-electron chi connectivity index (χ1n) is 17.5. The Morgan fingerprint density at radius 3 is 1.80 bits per heavy atom. The molecule has 8 rings (SSSR count). The largest absolute Gasteiger partial charge is 0.319 e. The molecule has 6 aromatic carbocycles. The van der Waals surface area contributed by atoms with Crippen LogP contribution in [0.3, 0.4) is 0 Å². The standard InChI is InChI=1S/C45H40N3OP/c1-50(2,49)39-27-23-32(24-28-39)36-17-11-18-38(31-36)45(29-9-4-10-30-45)37-25-21-35(22-26-37)43-46-42(34-14-5-3-6-15-34)47-44(48-43)41-20-12-16-33-13-7-8-19-40(33)41/h3,5-8,11-28,31H,4,9-10,29-30H2,1-2H3. The number of fused-ring (bicyclic) bond motifs is 1. The van der Waals surface area contributed by atoms with E-state index in [2.05, 4.69) is 115 Å². The van der Waals surface area contributed by atoms with E-state index in [1.807, 2.05) is 43.7 Å². The fourth-order valence-electron chi connectivity index (χ4n) is 7.61. The number of benzene rings is 6. The van der Waals surface area contributed by atoms with Gasteiger partial charge in [0, 0.05) is 27.4 Å². The minimum absolute atomic E-state index is 0.0717. The van der Waals surface area contributed by atoms with E-state index in [9.17, 15) is 4.57 Å². The van der Waals surface area contributed by atoms with Gasteiger partial charge in [-0.05, 0) is 59.2 Å². The third-order valence-electron chi connectivity index (χ3n) is 10.3. The van der Waals surface area contributed by atoms with Crippen molar-refractivity contribution in [3.63, 3.8) is 0 Å². The molecule has 246 valence electrons. The Bertz CT molecular complexity index is 2330. The van der Waals surface area contributed by atoms with Crippen molar-refractivity contribution in [2.45, 2.75) is 37.5 Å². The number of hydrogen-bond acceptors (Lipinski definition) is 4. The smallest absolute Gasteiger partial charge is 0.164 e. The fourth-order valence-corrected chi connectivity index (χ4v) is 8.48. The Morgan fingerprint density at radius 1 is 0.500 bits per heavy atom. The predicted octanol–water partition coefficient (Wildman–Crippen LogP) is 11.2. The molecular formula is C45H40N3OP. The molecule has 0 aliphatic heterocycles. The van der Waals surface area contributed by atoms with Gasteiger partial charge in [0.15, 0.2) is 17.5 Å². The van der Waals surface area contributed by atoms with E-state index in [4.69, 9.17) is 15.0 Å². The van der Waals surface area contributed by atoms with Crippen molar-refractivity contribution in [1.82, 2.24) is 15.0 Å². The first-order chi connectivity index (χ1) is 24.4. The van der Waals surface area contributed by atoms with E-state index < -0.39 is 7.14 Å². The van der Waals surface area contributed by atoms with Gasteiger partial charge >= 0.3 is 0 Å². The van der Waals surface area contributed by atoms with E-state index in [1.54, 1.807) is 0 Å². The van der Waals surface area contributed by atoms with Gasteiger partial charge in [-0.15, -0.1) is 0 Å². The monoisotopic (exact) mass is 669 g/mol. The minimum Gasteiger partial charge on any atom is -0.319 e. The van der Waals surface area contributed by atoms with Gasteiger partial charge in [0.05, 0.1) is 0 Å². The van der Waals surface area contributed by atoms with Crippen LogP contribution < -0.4 is 5.30 Å². The molecule has 50 heavy (non-hydrogen) atoms. The molecule has 0 amide bonds. The summed E-state index contributed by atoms with van der Waals surface area (Å²) in [6.45, 7) is 3.65. The zero-order chi connectivity index (χ0) is 34.1. The van der Waals surface area contributed by atoms with Crippen LogP contribution in [0.1, 0.15) is 43.2 Å². The molecule has 1 saturated carbocycles. The Labute approximate surface area is 294 Å². The molecule has 0 radical (unpaired) electrons. The van der Waals surface area contributed by atoms with Gasteiger partial charge in [-0.2, -0.15) is 0 Å². The lowest BCUT2D eigenvalue weighted by Crippen LogP contribution is -2.30. The van der Waals surface area contributed by atoms with Crippen LogP contribution in [0.15, 0.2) is 146 Å². The van der Waals surface area contributed by atoms with Crippen LogP contribution >= 0.6 is 7.14 Å². The average molecular weight is 670 g/mol. The molecule has 0 spiro atoms. The van der Waals surface area contributed by atoms with Gasteiger partial charge in [0.1, 0.15) is 7.14 Å². The summed E-state index contributed by atoms with van der Waals surface area (Å²) < 4.78 is 12.6. The van der Waals surface area contributed by atoms with Crippen LogP contribution in [0.5, 0.6) is 0 Å². The van der Waals surface area contributed by atoms with Crippen molar-refractivity contribution >= 4 is 23.2 Å². The molecule has 1 aromatic heterocycles. The number of aromatic nitrogens is 3. The minimum atomic E-state index is -2.30. The van der Waals surface area contributed by atoms with Crippen LogP contribution in [-0.4, -0.2) is 28.3 Å². The first kappa shape index (κ1) is 32.0. The first-order valence-corrected chi connectivity index (χ1v) is 20.1. The average Bonchev–Trinajstić information content (AvgIpc) is 3.18. The molecule has 7 aromatic rings. The van der Waals surface area contributed by atoms with Gasteiger partial charge in [0.2, 0.25) is 0 Å². The Hall–Kier alpha value is -5.18. The maximum absolute atomic E-state index is 12.6. The van der Waals surface area contributed by atoms with Gasteiger partial charge in [0.25, 0.3) is 0 Å². The third-order valence-corrected chi connectivity index (χ3v) is 11.9. The topological polar surface area (TPSA) is 55.7 Å². The molecular weight excluding hydrogens is 629 g/mol. The van der Waals surface area contributed by atoms with Crippen LogP contribution in [0, 0.1) is 0 Å². The third kappa shape index (κ3) is 6.21. The Kier molecular flexibility index (Phi) is 8.50. The zero-order valence-corrected chi connectivity index (χ0v) is 29.5. The Morgan fingerprint density at radius 2 is 1.08 bits per heavy atom. The van der Waals surface area contributed by atoms with Gasteiger partial charge in [-0.1, -0.05) is 165 Å². The maximum atomic E-state index is 12.6. The molecule has 1 aliphatic rings. The highest BCUT2D eigenvalue weighted by Crippen LogP contribution is 2.46. The van der Waals surface area contributed by atoms with Crippen molar-refractivity contribution in [3.05, 3.63) is 157 Å². The quantitative estimate of drug-likeness (QED) is 0.159. The molecule has 0 atom stereocenters. The van der Waals surface area contributed by atoms with E-state index in [0.29, 0.717) is 17.5 Å². The summed E-state index contributed by atoms with van der Waals surface area (Å²) in [5.74, 6) is 2.00. The summed E-state index contributed by atoms with van der Waals surface area (Å²) in [6, 6.07) is 51.1. The molecule has 4 nitrogen and oxygen atoms in total. The van der Waals surface area contributed by atoms with E-state index in [0.717, 1.165) is 51.2 Å². The summed E-state index contributed by atoms with van der Waals surface area (Å²) in [5.41, 5.74) is 7.88. The molecule has 0 unspecified atom stereocenters. The van der Waals surface area contributed by atoms with Gasteiger partial charge < -0.3 is 4.57 Å². The van der Waals surface area contributed by atoms with E-state index in [1.165, 1.54) is 36.0 Å². The second-order valence-electron chi connectivity index (χ2n) is 13.9. The number of nitrogens with zero attached hydrogens (tertiary/aromatic N) is 3. The zero-order valence-electron chi connectivity index (χ0n) is 28.6. The number of hydrogen-bond donors (Lipinski definition) is 0. The molecule has 0 bridgehead atoms. The lowest BCUT2D eigenvalue weighted by Gasteiger charge is -2.39. The number of rotatable bonds is 7. The Balaban J connectivity index is 1.19. The van der Waals surface area contributed by atoms with Crippen molar-refractivity contribution in [1.29, 1.82) is 0 Å². The van der Waals surface area contributed by atoms with Crippen molar-refractivity contribution < 1.29 is 4.57 Å². The summed E-state index contributed by atoms with van der Waals surface area (Å²) in [4.78, 5) is 15.1. The van der Waals surface area contributed by atoms with Gasteiger partial charge in [-0.3, -0.25) is 0 Å². The lowest BCUT2D eigenvalue weighted by molar-refractivity contribution is 0.346. The highest BCUT2D eigenvalue weighted by atomic mass is 31.2. The predicted molar refractivity (Wildman–Crippen MR) is 208 cm³/mol. The summed E-state index contributed by atoms with van der Waals surface area (Å²) in [6.07, 6.45) is 5.88. The normalized spacial score (nSPS) is 14.4. The molecule has 0 N–H and O–H groups in total. The lowest BCUT2D eigenvalue weighted by atomic mass is 9.65.